The van der Waals surface area contributed by atoms with Gasteiger partial charge in [0.25, 0.3) is 5.91 Å². The summed E-state index contributed by atoms with van der Waals surface area (Å²) in [6, 6.07) is 12.2. The highest BCUT2D eigenvalue weighted by Gasteiger charge is 2.26. The SMILES string of the molecule is O=C(COC(=O)c1cccc(S(=O)(=O)N2CCCCC2)c1)Nc1ccc(Cl)cc1. The average Bonchev–Trinajstić information content (AvgIpc) is 2.74. The van der Waals surface area contributed by atoms with E-state index in [4.69, 9.17) is 16.3 Å². The van der Waals surface area contributed by atoms with Crippen molar-refractivity contribution in [1.29, 1.82) is 0 Å². The van der Waals surface area contributed by atoms with E-state index in [9.17, 15) is 18.0 Å². The molecule has 1 saturated heterocycles. The first-order valence-corrected chi connectivity index (χ1v) is 11.0. The monoisotopic (exact) mass is 436 g/mol. The molecule has 0 aliphatic carbocycles. The van der Waals surface area contributed by atoms with Gasteiger partial charge in [0.1, 0.15) is 0 Å². The number of amides is 1. The number of nitrogens with one attached hydrogen (secondary N) is 1. The van der Waals surface area contributed by atoms with Crippen LogP contribution in [0.15, 0.2) is 53.4 Å². The fraction of sp³-hybridized carbons (Fsp3) is 0.300. The molecule has 1 amide bonds. The molecule has 1 aliphatic heterocycles. The second kappa shape index (κ2) is 9.39. The summed E-state index contributed by atoms with van der Waals surface area (Å²) in [7, 11) is -3.66. The first kappa shape index (κ1) is 21.3. The average molecular weight is 437 g/mol. The van der Waals surface area contributed by atoms with Gasteiger partial charge in [0, 0.05) is 23.8 Å². The molecule has 1 heterocycles. The summed E-state index contributed by atoms with van der Waals surface area (Å²) in [4.78, 5) is 24.3. The zero-order valence-electron chi connectivity index (χ0n) is 15.6. The number of esters is 1. The summed E-state index contributed by atoms with van der Waals surface area (Å²) in [5, 5.41) is 3.11. The number of halogens is 1. The zero-order chi connectivity index (χ0) is 20.9. The third kappa shape index (κ3) is 5.56. The minimum Gasteiger partial charge on any atom is -0.452 e. The van der Waals surface area contributed by atoms with Crippen LogP contribution in [0.5, 0.6) is 0 Å². The molecule has 0 aromatic heterocycles. The summed E-state index contributed by atoms with van der Waals surface area (Å²) in [6.45, 7) is 0.453. The van der Waals surface area contributed by atoms with E-state index in [1.807, 2.05) is 0 Å². The first-order chi connectivity index (χ1) is 13.9. The van der Waals surface area contributed by atoms with Crippen LogP contribution in [-0.2, 0) is 19.6 Å². The normalized spacial score (nSPS) is 14.9. The van der Waals surface area contributed by atoms with E-state index in [0.717, 1.165) is 19.3 Å². The van der Waals surface area contributed by atoms with Crippen LogP contribution in [0.1, 0.15) is 29.6 Å². The van der Waals surface area contributed by atoms with Crippen molar-refractivity contribution in [2.45, 2.75) is 24.2 Å². The molecule has 9 heteroatoms. The lowest BCUT2D eigenvalue weighted by molar-refractivity contribution is -0.119. The lowest BCUT2D eigenvalue weighted by Crippen LogP contribution is -2.35. The quantitative estimate of drug-likeness (QED) is 0.701. The Bertz CT molecular complexity index is 986. The molecule has 0 radical (unpaired) electrons. The molecule has 0 bridgehead atoms. The lowest BCUT2D eigenvalue weighted by atomic mass is 10.2. The van der Waals surface area contributed by atoms with Crippen molar-refractivity contribution in [2.24, 2.45) is 0 Å². The first-order valence-electron chi connectivity index (χ1n) is 9.19. The van der Waals surface area contributed by atoms with Crippen LogP contribution in [0.2, 0.25) is 5.02 Å². The predicted molar refractivity (Wildman–Crippen MR) is 109 cm³/mol. The van der Waals surface area contributed by atoms with Crippen LogP contribution >= 0.6 is 11.6 Å². The Hall–Kier alpha value is -2.42. The van der Waals surface area contributed by atoms with E-state index >= 15 is 0 Å². The Labute approximate surface area is 174 Å². The van der Waals surface area contributed by atoms with E-state index in [2.05, 4.69) is 5.32 Å². The van der Waals surface area contributed by atoms with E-state index in [1.165, 1.54) is 28.6 Å². The molecule has 1 fully saturated rings. The Balaban J connectivity index is 1.61. The minimum absolute atomic E-state index is 0.0412. The van der Waals surface area contributed by atoms with E-state index in [-0.39, 0.29) is 10.5 Å². The topological polar surface area (TPSA) is 92.8 Å². The Morgan fingerprint density at radius 3 is 2.41 bits per heavy atom. The van der Waals surface area contributed by atoms with Gasteiger partial charge in [-0.05, 0) is 55.3 Å². The number of carbonyl (C=O) groups excluding carboxylic acids is 2. The van der Waals surface area contributed by atoms with Gasteiger partial charge in [0.15, 0.2) is 6.61 Å². The maximum Gasteiger partial charge on any atom is 0.338 e. The van der Waals surface area contributed by atoms with Crippen LogP contribution in [0, 0.1) is 0 Å². The predicted octanol–water partition coefficient (Wildman–Crippen LogP) is 3.31. The van der Waals surface area contributed by atoms with Crippen LogP contribution in [0.3, 0.4) is 0 Å². The molecular formula is C20H21ClN2O5S. The molecule has 0 unspecified atom stereocenters. The second-order valence-electron chi connectivity index (χ2n) is 6.62. The van der Waals surface area contributed by atoms with Crippen LogP contribution < -0.4 is 5.32 Å². The maximum atomic E-state index is 12.8. The Morgan fingerprint density at radius 2 is 1.72 bits per heavy atom. The zero-order valence-corrected chi connectivity index (χ0v) is 17.2. The van der Waals surface area contributed by atoms with Gasteiger partial charge >= 0.3 is 5.97 Å². The van der Waals surface area contributed by atoms with Crippen molar-refractivity contribution >= 4 is 39.2 Å². The number of carbonyl (C=O) groups is 2. The standard InChI is InChI=1S/C20H21ClN2O5S/c21-16-7-9-17(10-8-16)22-19(24)14-28-20(25)15-5-4-6-18(13-15)29(26,27)23-11-2-1-3-12-23/h4-10,13H,1-3,11-12,14H2,(H,22,24). The minimum atomic E-state index is -3.66. The second-order valence-corrected chi connectivity index (χ2v) is 9.00. The number of benzene rings is 2. The third-order valence-electron chi connectivity index (χ3n) is 4.48. The molecule has 1 aliphatic rings. The highest BCUT2D eigenvalue weighted by molar-refractivity contribution is 7.89. The fourth-order valence-electron chi connectivity index (χ4n) is 2.98. The van der Waals surface area contributed by atoms with Crippen LogP contribution in [-0.4, -0.2) is 44.3 Å². The molecule has 0 saturated carbocycles. The van der Waals surface area contributed by atoms with E-state index < -0.39 is 28.5 Å². The van der Waals surface area contributed by atoms with Gasteiger partial charge in [0.2, 0.25) is 10.0 Å². The number of hydrogen-bond acceptors (Lipinski definition) is 5. The third-order valence-corrected chi connectivity index (χ3v) is 6.63. The molecule has 1 N–H and O–H groups in total. The largest absolute Gasteiger partial charge is 0.452 e. The summed E-state index contributed by atoms with van der Waals surface area (Å²) in [6.07, 6.45) is 2.66. The summed E-state index contributed by atoms with van der Waals surface area (Å²) >= 11 is 5.79. The molecule has 0 atom stereocenters. The van der Waals surface area contributed by atoms with E-state index in [1.54, 1.807) is 24.3 Å². The molecular weight excluding hydrogens is 416 g/mol. The number of hydrogen-bond donors (Lipinski definition) is 1. The molecule has 154 valence electrons. The van der Waals surface area contributed by atoms with Crippen LogP contribution in [0.4, 0.5) is 5.69 Å². The lowest BCUT2D eigenvalue weighted by Gasteiger charge is -2.25. The van der Waals surface area contributed by atoms with Crippen molar-refractivity contribution < 1.29 is 22.7 Å². The Kier molecular flexibility index (Phi) is 6.89. The molecule has 3 rings (SSSR count). The summed E-state index contributed by atoms with van der Waals surface area (Å²) < 4.78 is 32.0. The van der Waals surface area contributed by atoms with Gasteiger partial charge in [-0.2, -0.15) is 4.31 Å². The smallest absolute Gasteiger partial charge is 0.338 e. The number of piperidine rings is 1. The van der Waals surface area contributed by atoms with Crippen molar-refractivity contribution in [2.75, 3.05) is 25.0 Å². The molecule has 7 nitrogen and oxygen atoms in total. The molecule has 29 heavy (non-hydrogen) atoms. The van der Waals surface area contributed by atoms with Gasteiger partial charge < -0.3 is 10.1 Å². The van der Waals surface area contributed by atoms with Crippen molar-refractivity contribution in [3.8, 4) is 0 Å². The van der Waals surface area contributed by atoms with Crippen LogP contribution in [0.25, 0.3) is 0 Å². The number of sulfonamides is 1. The molecule has 2 aromatic rings. The van der Waals surface area contributed by atoms with Crippen molar-refractivity contribution in [3.05, 3.63) is 59.1 Å². The summed E-state index contributed by atoms with van der Waals surface area (Å²) in [5.41, 5.74) is 0.590. The van der Waals surface area contributed by atoms with Gasteiger partial charge in [-0.15, -0.1) is 0 Å². The number of ether oxygens (including phenoxy) is 1. The van der Waals surface area contributed by atoms with Gasteiger partial charge in [-0.25, -0.2) is 13.2 Å². The summed E-state index contributed by atoms with van der Waals surface area (Å²) in [5.74, 6) is -1.29. The van der Waals surface area contributed by atoms with Gasteiger partial charge in [0.05, 0.1) is 10.5 Å². The number of anilines is 1. The van der Waals surface area contributed by atoms with Gasteiger partial charge in [-0.1, -0.05) is 24.1 Å². The van der Waals surface area contributed by atoms with E-state index in [0.29, 0.717) is 23.8 Å². The maximum absolute atomic E-state index is 12.8. The molecule has 2 aromatic carbocycles. The fourth-order valence-corrected chi connectivity index (χ4v) is 4.67. The van der Waals surface area contributed by atoms with Crippen molar-refractivity contribution in [3.63, 3.8) is 0 Å². The highest BCUT2D eigenvalue weighted by Crippen LogP contribution is 2.21. The molecule has 0 spiro atoms. The van der Waals surface area contributed by atoms with Crippen molar-refractivity contribution in [1.82, 2.24) is 4.31 Å². The highest BCUT2D eigenvalue weighted by atomic mass is 35.5. The van der Waals surface area contributed by atoms with Gasteiger partial charge in [-0.3, -0.25) is 4.79 Å². The number of rotatable bonds is 6. The number of nitrogens with zero attached hydrogens (tertiary/aromatic N) is 1. The Morgan fingerprint density at radius 1 is 1.03 bits per heavy atom.